The van der Waals surface area contributed by atoms with E-state index in [1.54, 1.807) is 6.33 Å². The fourth-order valence-corrected chi connectivity index (χ4v) is 0.880. The van der Waals surface area contributed by atoms with E-state index in [0.29, 0.717) is 0 Å². The topological polar surface area (TPSA) is 198 Å². The molecule has 9 N–H and O–H groups in total. The molecular formula is C7H14N2O7S. The molecule has 1 heterocycles. The molecule has 17 heavy (non-hydrogen) atoms. The van der Waals surface area contributed by atoms with E-state index in [1.165, 1.54) is 0 Å². The Balaban J connectivity index is -0.000000222. The number of benzene rings is 1. The maximum absolute atomic E-state index is 8.74. The molecule has 0 amide bonds. The fraction of sp³-hybridized carbons (Fsp3) is 0. The number of imidazole rings is 1. The lowest BCUT2D eigenvalue weighted by Gasteiger charge is -1.81. The summed E-state index contributed by atoms with van der Waals surface area (Å²) in [7, 11) is -4.67. The zero-order valence-corrected chi connectivity index (χ0v) is 9.27. The third kappa shape index (κ3) is 9.37. The Bertz CT molecular complexity index is 471. The maximum atomic E-state index is 8.74. The molecule has 0 radical (unpaired) electrons. The van der Waals surface area contributed by atoms with E-state index in [0.717, 1.165) is 11.0 Å². The van der Waals surface area contributed by atoms with Crippen molar-refractivity contribution in [2.24, 2.45) is 0 Å². The number of fused-ring (bicyclic) bond motifs is 1. The zero-order valence-electron chi connectivity index (χ0n) is 8.45. The molecule has 1 aromatic carbocycles. The predicted molar refractivity (Wildman–Crippen MR) is 61.1 cm³/mol. The predicted octanol–water partition coefficient (Wildman–Crippen LogP) is -1.56. The Labute approximate surface area is 96.6 Å². The number of H-pyrrole nitrogens is 1. The molecule has 0 bridgehead atoms. The van der Waals surface area contributed by atoms with Crippen LogP contribution in [0.5, 0.6) is 0 Å². The minimum absolute atomic E-state index is 0. The number of aromatic nitrogens is 2. The lowest BCUT2D eigenvalue weighted by molar-refractivity contribution is 0.381. The van der Waals surface area contributed by atoms with Crippen LogP contribution in [0.25, 0.3) is 11.0 Å². The van der Waals surface area contributed by atoms with Crippen LogP contribution in [0.1, 0.15) is 0 Å². The molecule has 0 fully saturated rings. The molecule has 0 aliphatic carbocycles. The summed E-state index contributed by atoms with van der Waals surface area (Å²) in [5, 5.41) is 0. The third-order valence-electron chi connectivity index (χ3n) is 1.33. The number of aromatic amines is 1. The van der Waals surface area contributed by atoms with Crippen LogP contribution in [-0.2, 0) is 10.4 Å². The fourth-order valence-electron chi connectivity index (χ4n) is 0.880. The van der Waals surface area contributed by atoms with Crippen molar-refractivity contribution in [3.63, 3.8) is 0 Å². The van der Waals surface area contributed by atoms with Crippen LogP contribution in [0, 0.1) is 0 Å². The number of nitrogens with zero attached hydrogens (tertiary/aromatic N) is 1. The van der Waals surface area contributed by atoms with Crippen LogP contribution >= 0.6 is 0 Å². The first-order valence-electron chi connectivity index (χ1n) is 3.55. The van der Waals surface area contributed by atoms with E-state index in [9.17, 15) is 0 Å². The molecule has 0 aliphatic rings. The van der Waals surface area contributed by atoms with Crippen molar-refractivity contribution in [1.29, 1.82) is 0 Å². The van der Waals surface area contributed by atoms with Gasteiger partial charge >= 0.3 is 10.4 Å². The van der Waals surface area contributed by atoms with Crippen molar-refractivity contribution in [3.8, 4) is 0 Å². The number of rotatable bonds is 0. The van der Waals surface area contributed by atoms with Crippen molar-refractivity contribution in [2.75, 3.05) is 0 Å². The lowest BCUT2D eigenvalue weighted by atomic mass is 10.3. The molecule has 2 rings (SSSR count). The van der Waals surface area contributed by atoms with Crippen molar-refractivity contribution in [1.82, 2.24) is 9.97 Å². The Kier molecular flexibility index (Phi) is 10.5. The Morgan fingerprint density at radius 2 is 1.53 bits per heavy atom. The number of nitrogens with one attached hydrogen (secondary N) is 1. The van der Waals surface area contributed by atoms with Gasteiger partial charge in [-0.25, -0.2) is 4.98 Å². The third-order valence-corrected chi connectivity index (χ3v) is 1.33. The van der Waals surface area contributed by atoms with Gasteiger partial charge in [-0.1, -0.05) is 12.1 Å². The number of para-hydroxylation sites is 2. The summed E-state index contributed by atoms with van der Waals surface area (Å²) in [6.07, 6.45) is 1.70. The average Bonchev–Trinajstić information content (AvgIpc) is 2.47. The standard InChI is InChI=1S/C7H6N2.H2O4S.3H2O/c1-2-4-7-6(3-1)8-5-9-7;1-5(2,3)4;;;/h1-5H,(H,8,9);(H2,1,2,3,4);3*1H2. The van der Waals surface area contributed by atoms with E-state index < -0.39 is 10.4 Å². The number of hydrogen-bond donors (Lipinski definition) is 3. The molecule has 100 valence electrons. The van der Waals surface area contributed by atoms with Crippen molar-refractivity contribution < 1.29 is 34.0 Å². The molecule has 0 aliphatic heterocycles. The van der Waals surface area contributed by atoms with Gasteiger partial charge in [0.2, 0.25) is 0 Å². The quantitative estimate of drug-likeness (QED) is 0.485. The highest BCUT2D eigenvalue weighted by atomic mass is 32.3. The highest BCUT2D eigenvalue weighted by Crippen LogP contribution is 2.05. The van der Waals surface area contributed by atoms with Gasteiger partial charge in [-0.3, -0.25) is 9.11 Å². The molecule has 0 unspecified atom stereocenters. The largest absolute Gasteiger partial charge is 0.412 e. The molecule has 1 aromatic heterocycles. The van der Waals surface area contributed by atoms with Crippen LogP contribution in [0.2, 0.25) is 0 Å². The first-order chi connectivity index (χ1) is 6.47. The van der Waals surface area contributed by atoms with Crippen LogP contribution in [0.4, 0.5) is 0 Å². The molecule has 0 spiro atoms. The lowest BCUT2D eigenvalue weighted by Crippen LogP contribution is -1.89. The normalized spacial score (nSPS) is 8.82. The highest BCUT2D eigenvalue weighted by molar-refractivity contribution is 7.79. The second kappa shape index (κ2) is 8.58. The first kappa shape index (κ1) is 20.8. The minimum atomic E-state index is -4.67. The van der Waals surface area contributed by atoms with E-state index in [4.69, 9.17) is 17.5 Å². The molecule has 2 aromatic rings. The van der Waals surface area contributed by atoms with Gasteiger partial charge in [-0.05, 0) is 12.1 Å². The average molecular weight is 270 g/mol. The monoisotopic (exact) mass is 270 g/mol. The van der Waals surface area contributed by atoms with Gasteiger partial charge < -0.3 is 21.4 Å². The Hall–Kier alpha value is -1.56. The molecule has 9 nitrogen and oxygen atoms in total. The second-order valence-electron chi connectivity index (χ2n) is 2.37. The van der Waals surface area contributed by atoms with Gasteiger partial charge in [0.1, 0.15) is 0 Å². The number of hydrogen-bond acceptors (Lipinski definition) is 3. The van der Waals surface area contributed by atoms with Gasteiger partial charge in [0.25, 0.3) is 0 Å². The van der Waals surface area contributed by atoms with Crippen LogP contribution in [0.3, 0.4) is 0 Å². The minimum Gasteiger partial charge on any atom is -0.412 e. The van der Waals surface area contributed by atoms with Crippen molar-refractivity contribution >= 4 is 21.4 Å². The molecule has 0 saturated carbocycles. The Morgan fingerprint density at radius 3 is 2.00 bits per heavy atom. The second-order valence-corrected chi connectivity index (χ2v) is 3.26. The van der Waals surface area contributed by atoms with Crippen LogP contribution < -0.4 is 0 Å². The van der Waals surface area contributed by atoms with Crippen LogP contribution in [-0.4, -0.2) is 43.9 Å². The summed E-state index contributed by atoms with van der Waals surface area (Å²) < 4.78 is 31.6. The van der Waals surface area contributed by atoms with Gasteiger partial charge in [0.15, 0.2) is 0 Å². The van der Waals surface area contributed by atoms with Crippen molar-refractivity contribution in [2.45, 2.75) is 0 Å². The van der Waals surface area contributed by atoms with Gasteiger partial charge in [0, 0.05) is 0 Å². The van der Waals surface area contributed by atoms with E-state index >= 15 is 0 Å². The van der Waals surface area contributed by atoms with Crippen molar-refractivity contribution in [3.05, 3.63) is 30.6 Å². The summed E-state index contributed by atoms with van der Waals surface area (Å²) in [6, 6.07) is 7.94. The van der Waals surface area contributed by atoms with Crippen LogP contribution in [0.15, 0.2) is 30.6 Å². The summed E-state index contributed by atoms with van der Waals surface area (Å²) in [4.78, 5) is 7.07. The molecule has 10 heteroatoms. The first-order valence-corrected chi connectivity index (χ1v) is 4.94. The van der Waals surface area contributed by atoms with Gasteiger partial charge in [-0.2, -0.15) is 8.42 Å². The van der Waals surface area contributed by atoms with E-state index in [1.807, 2.05) is 24.3 Å². The summed E-state index contributed by atoms with van der Waals surface area (Å²) >= 11 is 0. The zero-order chi connectivity index (χ0) is 10.6. The van der Waals surface area contributed by atoms with Gasteiger partial charge in [-0.15, -0.1) is 0 Å². The molecular weight excluding hydrogens is 256 g/mol. The maximum Gasteiger partial charge on any atom is 0.394 e. The van der Waals surface area contributed by atoms with E-state index in [-0.39, 0.29) is 16.4 Å². The summed E-state index contributed by atoms with van der Waals surface area (Å²) in [5.74, 6) is 0. The summed E-state index contributed by atoms with van der Waals surface area (Å²) in [6.45, 7) is 0. The van der Waals surface area contributed by atoms with Gasteiger partial charge in [0.05, 0.1) is 17.4 Å². The molecule has 0 atom stereocenters. The smallest absolute Gasteiger partial charge is 0.394 e. The molecule has 0 saturated heterocycles. The SMILES string of the molecule is O.O.O.O=S(=O)(O)O.c1ccc2[nH]cnc2c1. The summed E-state index contributed by atoms with van der Waals surface area (Å²) in [5.41, 5.74) is 2.12. The highest BCUT2D eigenvalue weighted by Gasteiger charge is 1.88. The Morgan fingerprint density at radius 1 is 1.06 bits per heavy atom. The van der Waals surface area contributed by atoms with E-state index in [2.05, 4.69) is 9.97 Å².